The largest absolute Gasteiger partial charge is 0.396 e. The first-order valence-corrected chi connectivity index (χ1v) is 8.02. The molecule has 2 aromatic rings. The zero-order valence-corrected chi connectivity index (χ0v) is 13.1. The first kappa shape index (κ1) is 15.8. The minimum absolute atomic E-state index is 0.0381. The molecule has 0 saturated heterocycles. The Morgan fingerprint density at radius 2 is 1.81 bits per heavy atom. The van der Waals surface area contributed by atoms with Crippen molar-refractivity contribution >= 4 is 21.6 Å². The maximum atomic E-state index is 12.7. The smallest absolute Gasteiger partial charge is 0.281 e. The van der Waals surface area contributed by atoms with E-state index < -0.39 is 15.6 Å². The Hall–Kier alpha value is -1.57. The third-order valence-corrected chi connectivity index (χ3v) is 5.34. The van der Waals surface area contributed by atoms with Crippen LogP contribution in [0.25, 0.3) is 0 Å². The first-order chi connectivity index (χ1) is 9.80. The number of rotatable bonds is 4. The minimum Gasteiger partial charge on any atom is -0.396 e. The van der Waals surface area contributed by atoms with Crippen LogP contribution in [0, 0.1) is 6.92 Å². The number of nitrogens with zero attached hydrogens (tertiary/aromatic N) is 2. The van der Waals surface area contributed by atoms with Gasteiger partial charge in [0.1, 0.15) is 0 Å². The molecule has 0 bridgehead atoms. The Morgan fingerprint density at radius 3 is 2.33 bits per heavy atom. The van der Waals surface area contributed by atoms with Crippen LogP contribution in [0.4, 0.5) is 0 Å². The van der Waals surface area contributed by atoms with Crippen LogP contribution in [0.3, 0.4) is 0 Å². The van der Waals surface area contributed by atoms with Gasteiger partial charge in [-0.25, -0.2) is 4.68 Å². The van der Waals surface area contributed by atoms with Gasteiger partial charge in [0, 0.05) is 30.7 Å². The van der Waals surface area contributed by atoms with Gasteiger partial charge in [0.25, 0.3) is 15.6 Å². The zero-order valence-electron chi connectivity index (χ0n) is 11.6. The maximum Gasteiger partial charge on any atom is 0.281 e. The van der Waals surface area contributed by atoms with Crippen LogP contribution >= 0.6 is 11.6 Å². The molecule has 8 heteroatoms. The Labute approximate surface area is 127 Å². The van der Waals surface area contributed by atoms with Gasteiger partial charge in [0.05, 0.1) is 10.6 Å². The van der Waals surface area contributed by atoms with Crippen molar-refractivity contribution in [2.45, 2.75) is 18.2 Å². The molecule has 0 fully saturated rings. The van der Waals surface area contributed by atoms with E-state index in [1.165, 1.54) is 31.3 Å². The van der Waals surface area contributed by atoms with Gasteiger partial charge in [0.2, 0.25) is 0 Å². The van der Waals surface area contributed by atoms with Crippen LogP contribution in [0.15, 0.2) is 34.0 Å². The summed E-state index contributed by atoms with van der Waals surface area (Å²) in [5.74, 6) is 0. The van der Waals surface area contributed by atoms with E-state index in [-0.39, 0.29) is 23.5 Å². The van der Waals surface area contributed by atoms with E-state index in [1.54, 1.807) is 6.92 Å². The van der Waals surface area contributed by atoms with Crippen molar-refractivity contribution in [3.8, 4) is 0 Å². The van der Waals surface area contributed by atoms with Crippen LogP contribution in [0.5, 0.6) is 0 Å². The molecule has 0 saturated carbocycles. The lowest BCUT2D eigenvalue weighted by molar-refractivity contribution is 0.299. The molecule has 0 amide bonds. The summed E-state index contributed by atoms with van der Waals surface area (Å²) >= 11 is 5.76. The van der Waals surface area contributed by atoms with E-state index in [0.717, 1.165) is 8.77 Å². The highest BCUT2D eigenvalue weighted by atomic mass is 35.5. The molecule has 0 radical (unpaired) electrons. The Bertz CT molecular complexity index is 819. The summed E-state index contributed by atoms with van der Waals surface area (Å²) in [5, 5.41) is 9.42. The fourth-order valence-electron chi connectivity index (χ4n) is 2.22. The molecule has 2 rings (SSSR count). The number of aliphatic hydroxyl groups excluding tert-OH is 1. The summed E-state index contributed by atoms with van der Waals surface area (Å²) in [4.78, 5) is 12.1. The quantitative estimate of drug-likeness (QED) is 0.904. The molecule has 21 heavy (non-hydrogen) atoms. The highest BCUT2D eigenvalue weighted by Crippen LogP contribution is 2.19. The lowest BCUT2D eigenvalue weighted by Crippen LogP contribution is -2.26. The number of hydrogen-bond donors (Lipinski definition) is 1. The summed E-state index contributed by atoms with van der Waals surface area (Å²) < 4.78 is 27.3. The molecular weight excluding hydrogens is 316 g/mol. The molecule has 114 valence electrons. The number of aliphatic hydroxyl groups is 1. The summed E-state index contributed by atoms with van der Waals surface area (Å²) in [6.45, 7) is 1.32. The third kappa shape index (κ3) is 2.64. The molecule has 0 aliphatic carbocycles. The van der Waals surface area contributed by atoms with Gasteiger partial charge in [-0.3, -0.25) is 4.79 Å². The average Bonchev–Trinajstić information content (AvgIpc) is 2.64. The fraction of sp³-hybridized carbons (Fsp3) is 0.308. The molecule has 0 unspecified atom stereocenters. The van der Waals surface area contributed by atoms with Gasteiger partial charge in [-0.2, -0.15) is 12.5 Å². The second-order valence-electron chi connectivity index (χ2n) is 4.57. The Kier molecular flexibility index (Phi) is 4.27. The Balaban J connectivity index is 2.69. The maximum absolute atomic E-state index is 12.7. The topological polar surface area (TPSA) is 81.3 Å². The first-order valence-electron chi connectivity index (χ1n) is 6.20. The van der Waals surface area contributed by atoms with Gasteiger partial charge in [-0.1, -0.05) is 11.6 Å². The predicted octanol–water partition coefficient (Wildman–Crippen LogP) is 0.920. The van der Waals surface area contributed by atoms with Crippen molar-refractivity contribution in [2.24, 2.45) is 7.05 Å². The van der Waals surface area contributed by atoms with Crippen molar-refractivity contribution in [3.05, 3.63) is 50.9 Å². The SMILES string of the molecule is Cc1c(CCO)c(=O)n(C)n1S(=O)(=O)c1ccc(Cl)cc1. The van der Waals surface area contributed by atoms with Gasteiger partial charge < -0.3 is 5.11 Å². The average molecular weight is 331 g/mol. The highest BCUT2D eigenvalue weighted by Gasteiger charge is 2.25. The monoisotopic (exact) mass is 330 g/mol. The molecule has 6 nitrogen and oxygen atoms in total. The Morgan fingerprint density at radius 1 is 1.24 bits per heavy atom. The van der Waals surface area contributed by atoms with Gasteiger partial charge in [-0.05, 0) is 31.2 Å². The van der Waals surface area contributed by atoms with E-state index >= 15 is 0 Å². The van der Waals surface area contributed by atoms with Crippen LogP contribution < -0.4 is 5.56 Å². The molecule has 0 aliphatic heterocycles. The number of aromatic nitrogens is 2. The lowest BCUT2D eigenvalue weighted by atomic mass is 10.2. The molecule has 1 aromatic heterocycles. The standard InChI is InChI=1S/C13H15ClN2O4S/c1-9-12(7-8-17)13(18)15(2)16(9)21(19,20)11-5-3-10(14)4-6-11/h3-6,17H,7-8H2,1-2H3. The van der Waals surface area contributed by atoms with E-state index in [9.17, 15) is 13.2 Å². The molecule has 1 N–H and O–H groups in total. The molecule has 1 aromatic carbocycles. The van der Waals surface area contributed by atoms with E-state index in [1.807, 2.05) is 0 Å². The van der Waals surface area contributed by atoms with Crippen LogP contribution in [0.2, 0.25) is 5.02 Å². The minimum atomic E-state index is -3.90. The lowest BCUT2D eigenvalue weighted by Gasteiger charge is -2.11. The predicted molar refractivity (Wildman–Crippen MR) is 79.2 cm³/mol. The highest BCUT2D eigenvalue weighted by molar-refractivity contribution is 7.89. The van der Waals surface area contributed by atoms with Crippen molar-refractivity contribution < 1.29 is 13.5 Å². The molecular formula is C13H15ClN2O4S. The van der Waals surface area contributed by atoms with E-state index in [0.29, 0.717) is 10.7 Å². The summed E-state index contributed by atoms with van der Waals surface area (Å²) in [7, 11) is -2.52. The third-order valence-electron chi connectivity index (χ3n) is 3.25. The van der Waals surface area contributed by atoms with Gasteiger partial charge in [0.15, 0.2) is 0 Å². The second kappa shape index (κ2) is 5.67. The van der Waals surface area contributed by atoms with Crippen LogP contribution in [-0.2, 0) is 23.5 Å². The molecule has 0 aliphatic rings. The summed E-state index contributed by atoms with van der Waals surface area (Å²) in [6, 6.07) is 5.71. The van der Waals surface area contributed by atoms with Crippen LogP contribution in [-0.4, -0.2) is 28.9 Å². The van der Waals surface area contributed by atoms with Crippen LogP contribution in [0.1, 0.15) is 11.3 Å². The van der Waals surface area contributed by atoms with Crippen molar-refractivity contribution in [2.75, 3.05) is 6.61 Å². The van der Waals surface area contributed by atoms with Crippen molar-refractivity contribution in [3.63, 3.8) is 0 Å². The van der Waals surface area contributed by atoms with Gasteiger partial charge in [-0.15, -0.1) is 0 Å². The molecule has 1 heterocycles. The summed E-state index contributed by atoms with van der Waals surface area (Å²) in [5.41, 5.74) is 0.156. The van der Waals surface area contributed by atoms with Crippen molar-refractivity contribution in [1.82, 2.24) is 8.77 Å². The zero-order chi connectivity index (χ0) is 15.8. The van der Waals surface area contributed by atoms with E-state index in [2.05, 4.69) is 0 Å². The van der Waals surface area contributed by atoms with Gasteiger partial charge >= 0.3 is 0 Å². The van der Waals surface area contributed by atoms with E-state index in [4.69, 9.17) is 16.7 Å². The van der Waals surface area contributed by atoms with Crippen molar-refractivity contribution in [1.29, 1.82) is 0 Å². The molecule has 0 atom stereocenters. The number of halogens is 1. The summed E-state index contributed by atoms with van der Waals surface area (Å²) in [6.07, 6.45) is 0.113. The molecule has 0 spiro atoms. The normalized spacial score (nSPS) is 11.8. The second-order valence-corrected chi connectivity index (χ2v) is 6.77. The number of benzene rings is 1. The fourth-order valence-corrected chi connectivity index (χ4v) is 3.89. The number of hydrogen-bond acceptors (Lipinski definition) is 4.